The second kappa shape index (κ2) is 7.31. The third kappa shape index (κ3) is 4.36. The predicted octanol–water partition coefficient (Wildman–Crippen LogP) is 3.58. The molecule has 0 aliphatic heterocycles. The van der Waals surface area contributed by atoms with Crippen molar-refractivity contribution in [2.45, 2.75) is 38.1 Å². The number of carbonyl (C=O) groups is 2. The first-order valence-corrected chi connectivity index (χ1v) is 7.43. The maximum absolute atomic E-state index is 12.0. The summed E-state index contributed by atoms with van der Waals surface area (Å²) >= 11 is 5.87. The molecule has 0 bridgehead atoms. The zero-order valence-corrected chi connectivity index (χ0v) is 12.7. The molecule has 1 aromatic rings. The summed E-state index contributed by atoms with van der Waals surface area (Å²) in [6.07, 6.45) is 5.50. The standard InChI is InChI=1S/C15H19ClN2O3/c1-21-14(19)12-9-10(16)7-8-13(12)18-15(20)17-11-5-3-2-4-6-11/h7-9,11H,2-6H2,1H3,(H2,17,18,20). The molecular weight excluding hydrogens is 292 g/mol. The highest BCUT2D eigenvalue weighted by Crippen LogP contribution is 2.22. The first kappa shape index (κ1) is 15.6. The Balaban J connectivity index is 2.04. The minimum Gasteiger partial charge on any atom is -0.465 e. The molecule has 5 nitrogen and oxygen atoms in total. The van der Waals surface area contributed by atoms with Crippen LogP contribution >= 0.6 is 11.6 Å². The van der Waals surface area contributed by atoms with Crippen LogP contribution in [0.2, 0.25) is 5.02 Å². The molecule has 0 radical (unpaired) electrons. The zero-order valence-electron chi connectivity index (χ0n) is 11.9. The van der Waals surface area contributed by atoms with Crippen molar-refractivity contribution in [3.63, 3.8) is 0 Å². The normalized spacial score (nSPS) is 15.3. The second-order valence-electron chi connectivity index (χ2n) is 5.11. The number of carbonyl (C=O) groups excluding carboxylic acids is 2. The van der Waals surface area contributed by atoms with Crippen LogP contribution in [0.25, 0.3) is 0 Å². The van der Waals surface area contributed by atoms with Gasteiger partial charge in [-0.2, -0.15) is 0 Å². The molecule has 1 aromatic carbocycles. The van der Waals surface area contributed by atoms with Gasteiger partial charge < -0.3 is 15.4 Å². The van der Waals surface area contributed by atoms with Gasteiger partial charge >= 0.3 is 12.0 Å². The largest absolute Gasteiger partial charge is 0.465 e. The molecule has 6 heteroatoms. The van der Waals surface area contributed by atoms with Crippen molar-refractivity contribution in [1.29, 1.82) is 0 Å². The molecule has 1 aliphatic rings. The molecule has 2 rings (SSSR count). The average molecular weight is 311 g/mol. The second-order valence-corrected chi connectivity index (χ2v) is 5.55. The molecule has 0 atom stereocenters. The van der Waals surface area contributed by atoms with E-state index >= 15 is 0 Å². The molecule has 0 unspecified atom stereocenters. The number of amides is 2. The Morgan fingerprint density at radius 2 is 1.95 bits per heavy atom. The van der Waals surface area contributed by atoms with E-state index in [2.05, 4.69) is 10.6 Å². The summed E-state index contributed by atoms with van der Waals surface area (Å²) in [5.41, 5.74) is 0.628. The fourth-order valence-electron chi connectivity index (χ4n) is 2.50. The van der Waals surface area contributed by atoms with Crippen molar-refractivity contribution >= 4 is 29.3 Å². The van der Waals surface area contributed by atoms with Gasteiger partial charge in [0.15, 0.2) is 0 Å². The van der Waals surface area contributed by atoms with Crippen LogP contribution in [0.3, 0.4) is 0 Å². The number of urea groups is 1. The molecule has 2 amide bonds. The predicted molar refractivity (Wildman–Crippen MR) is 81.8 cm³/mol. The van der Waals surface area contributed by atoms with Crippen LogP contribution in [-0.2, 0) is 4.74 Å². The highest BCUT2D eigenvalue weighted by molar-refractivity contribution is 6.31. The number of methoxy groups -OCH3 is 1. The quantitative estimate of drug-likeness (QED) is 0.838. The fourth-order valence-corrected chi connectivity index (χ4v) is 2.67. The van der Waals surface area contributed by atoms with E-state index in [4.69, 9.17) is 16.3 Å². The summed E-state index contributed by atoms with van der Waals surface area (Å²) in [6, 6.07) is 4.57. The summed E-state index contributed by atoms with van der Waals surface area (Å²) in [6.45, 7) is 0. The first-order chi connectivity index (χ1) is 10.1. The van der Waals surface area contributed by atoms with Gasteiger partial charge in [0.25, 0.3) is 0 Å². The molecule has 114 valence electrons. The molecule has 2 N–H and O–H groups in total. The Morgan fingerprint density at radius 3 is 2.62 bits per heavy atom. The maximum atomic E-state index is 12.0. The highest BCUT2D eigenvalue weighted by Gasteiger charge is 2.18. The number of nitrogens with one attached hydrogen (secondary N) is 2. The third-order valence-corrected chi connectivity index (χ3v) is 3.81. The molecular formula is C15H19ClN2O3. The zero-order chi connectivity index (χ0) is 15.2. The van der Waals surface area contributed by atoms with Gasteiger partial charge in [-0.15, -0.1) is 0 Å². The van der Waals surface area contributed by atoms with E-state index < -0.39 is 5.97 Å². The van der Waals surface area contributed by atoms with E-state index in [1.54, 1.807) is 12.1 Å². The van der Waals surface area contributed by atoms with E-state index in [0.29, 0.717) is 10.7 Å². The molecule has 1 aliphatic carbocycles. The van der Waals surface area contributed by atoms with Crippen molar-refractivity contribution in [3.05, 3.63) is 28.8 Å². The number of hydrogen-bond acceptors (Lipinski definition) is 3. The van der Waals surface area contributed by atoms with E-state index in [-0.39, 0.29) is 17.6 Å². The van der Waals surface area contributed by atoms with Crippen LogP contribution in [0.4, 0.5) is 10.5 Å². The Labute approximate surface area is 129 Å². The molecule has 1 saturated carbocycles. The average Bonchev–Trinajstić information content (AvgIpc) is 2.49. The molecule has 0 aromatic heterocycles. The molecule has 0 spiro atoms. The Bertz CT molecular complexity index is 528. The summed E-state index contributed by atoms with van der Waals surface area (Å²) in [5, 5.41) is 6.03. The molecule has 21 heavy (non-hydrogen) atoms. The van der Waals surface area contributed by atoms with Gasteiger partial charge in [0.2, 0.25) is 0 Å². The smallest absolute Gasteiger partial charge is 0.340 e. The number of rotatable bonds is 3. The minimum atomic E-state index is -0.537. The van der Waals surface area contributed by atoms with E-state index in [1.165, 1.54) is 19.6 Å². The summed E-state index contributed by atoms with van der Waals surface area (Å²) in [5.74, 6) is -0.537. The molecule has 0 heterocycles. The van der Waals surface area contributed by atoms with Crippen LogP contribution < -0.4 is 10.6 Å². The van der Waals surface area contributed by atoms with Gasteiger partial charge in [0.05, 0.1) is 18.4 Å². The number of halogens is 1. The van der Waals surface area contributed by atoms with Gasteiger partial charge in [-0.1, -0.05) is 30.9 Å². The monoisotopic (exact) mass is 310 g/mol. The van der Waals surface area contributed by atoms with Gasteiger partial charge in [-0.05, 0) is 31.0 Å². The first-order valence-electron chi connectivity index (χ1n) is 7.05. The Hall–Kier alpha value is -1.75. The van der Waals surface area contributed by atoms with Gasteiger partial charge in [-0.25, -0.2) is 9.59 Å². The fraction of sp³-hybridized carbons (Fsp3) is 0.467. The number of esters is 1. The van der Waals surface area contributed by atoms with Crippen LogP contribution in [-0.4, -0.2) is 25.2 Å². The van der Waals surface area contributed by atoms with Crippen LogP contribution in [0, 0.1) is 0 Å². The lowest BCUT2D eigenvalue weighted by molar-refractivity contribution is 0.0602. The Morgan fingerprint density at radius 1 is 1.24 bits per heavy atom. The molecule has 1 fully saturated rings. The van der Waals surface area contributed by atoms with Crippen LogP contribution in [0.1, 0.15) is 42.5 Å². The van der Waals surface area contributed by atoms with Gasteiger partial charge in [0, 0.05) is 11.1 Å². The van der Waals surface area contributed by atoms with Crippen LogP contribution in [0.15, 0.2) is 18.2 Å². The van der Waals surface area contributed by atoms with E-state index in [1.807, 2.05) is 0 Å². The topological polar surface area (TPSA) is 67.4 Å². The van der Waals surface area contributed by atoms with Crippen molar-refractivity contribution in [2.75, 3.05) is 12.4 Å². The maximum Gasteiger partial charge on any atom is 0.340 e. The lowest BCUT2D eigenvalue weighted by Gasteiger charge is -2.23. The summed E-state index contributed by atoms with van der Waals surface area (Å²) < 4.78 is 4.69. The van der Waals surface area contributed by atoms with Gasteiger partial charge in [0.1, 0.15) is 0 Å². The Kier molecular flexibility index (Phi) is 5.44. The van der Waals surface area contributed by atoms with Crippen LogP contribution in [0.5, 0.6) is 0 Å². The lowest BCUT2D eigenvalue weighted by atomic mass is 9.96. The third-order valence-electron chi connectivity index (χ3n) is 3.58. The lowest BCUT2D eigenvalue weighted by Crippen LogP contribution is -2.39. The van der Waals surface area contributed by atoms with Crippen molar-refractivity contribution < 1.29 is 14.3 Å². The van der Waals surface area contributed by atoms with Crippen molar-refractivity contribution in [1.82, 2.24) is 5.32 Å². The molecule has 0 saturated heterocycles. The summed E-state index contributed by atoms with van der Waals surface area (Å²) in [7, 11) is 1.29. The van der Waals surface area contributed by atoms with E-state index in [9.17, 15) is 9.59 Å². The number of anilines is 1. The number of ether oxygens (including phenoxy) is 1. The highest BCUT2D eigenvalue weighted by atomic mass is 35.5. The van der Waals surface area contributed by atoms with Gasteiger partial charge in [-0.3, -0.25) is 0 Å². The van der Waals surface area contributed by atoms with Crippen molar-refractivity contribution in [3.8, 4) is 0 Å². The van der Waals surface area contributed by atoms with Crippen molar-refractivity contribution in [2.24, 2.45) is 0 Å². The number of benzene rings is 1. The minimum absolute atomic E-state index is 0.202. The number of hydrogen-bond donors (Lipinski definition) is 2. The summed E-state index contributed by atoms with van der Waals surface area (Å²) in [4.78, 5) is 23.7. The van der Waals surface area contributed by atoms with E-state index in [0.717, 1.165) is 25.7 Å². The SMILES string of the molecule is COC(=O)c1cc(Cl)ccc1NC(=O)NC1CCCCC1.